The summed E-state index contributed by atoms with van der Waals surface area (Å²) in [5.41, 5.74) is 3.90. The molecular weight excluding hydrogens is 372 g/mol. The second-order valence-corrected chi connectivity index (χ2v) is 8.30. The summed E-state index contributed by atoms with van der Waals surface area (Å²) in [7, 11) is 1.69. The largest absolute Gasteiger partial charge is 0.491 e. The lowest BCUT2D eigenvalue weighted by Crippen LogP contribution is -2.46. The van der Waals surface area contributed by atoms with Gasteiger partial charge in [0.15, 0.2) is 0 Å². The van der Waals surface area contributed by atoms with Crippen LogP contribution in [0, 0.1) is 13.8 Å². The minimum Gasteiger partial charge on any atom is -0.491 e. The van der Waals surface area contributed by atoms with Crippen molar-refractivity contribution in [3.8, 4) is 5.75 Å². The van der Waals surface area contributed by atoms with Gasteiger partial charge < -0.3 is 14.6 Å². The number of hydrogen-bond donors (Lipinski definition) is 2. The van der Waals surface area contributed by atoms with Crippen LogP contribution in [0.2, 0.25) is 0 Å². The van der Waals surface area contributed by atoms with E-state index in [1.54, 1.807) is 25.8 Å². The highest BCUT2D eigenvalue weighted by atomic mass is 32.2. The Morgan fingerprint density at radius 1 is 1.14 bits per heavy atom. The van der Waals surface area contributed by atoms with Crippen LogP contribution in [-0.2, 0) is 4.74 Å². The first-order valence-corrected chi connectivity index (χ1v) is 11.8. The van der Waals surface area contributed by atoms with E-state index >= 15 is 0 Å². The van der Waals surface area contributed by atoms with Gasteiger partial charge in [-0.05, 0) is 75.8 Å². The molecular formula is C22H40N2O3S. The van der Waals surface area contributed by atoms with Gasteiger partial charge in [-0.1, -0.05) is 6.07 Å². The molecule has 28 heavy (non-hydrogen) atoms. The number of nitrogens with one attached hydrogen (secondary N) is 1. The van der Waals surface area contributed by atoms with E-state index in [-0.39, 0.29) is 0 Å². The van der Waals surface area contributed by atoms with Gasteiger partial charge in [0.25, 0.3) is 0 Å². The maximum Gasteiger partial charge on any atom is 0.122 e. The highest BCUT2D eigenvalue weighted by molar-refractivity contribution is 7.97. The summed E-state index contributed by atoms with van der Waals surface area (Å²) in [4.78, 5) is 2.54. The molecule has 2 unspecified atom stereocenters. The lowest BCUT2D eigenvalue weighted by atomic mass is 9.94. The molecule has 2 rings (SSSR count). The third-order valence-electron chi connectivity index (χ3n) is 5.33. The fourth-order valence-corrected chi connectivity index (χ4v) is 3.65. The summed E-state index contributed by atoms with van der Waals surface area (Å²) in [5, 5.41) is 12.7. The van der Waals surface area contributed by atoms with Crippen molar-refractivity contribution in [3.05, 3.63) is 28.8 Å². The number of piperidine rings is 1. The second kappa shape index (κ2) is 13.4. The Bertz CT molecular complexity index is 561. The maximum atomic E-state index is 9.48. The smallest absolute Gasteiger partial charge is 0.122 e. The average Bonchev–Trinajstić information content (AvgIpc) is 2.66. The van der Waals surface area contributed by atoms with Gasteiger partial charge in [-0.25, -0.2) is 0 Å². The van der Waals surface area contributed by atoms with Crippen LogP contribution in [0.5, 0.6) is 5.75 Å². The van der Waals surface area contributed by atoms with Crippen molar-refractivity contribution in [2.24, 2.45) is 0 Å². The molecule has 1 fully saturated rings. The Balaban J connectivity index is 0.00000122. The Morgan fingerprint density at radius 2 is 1.75 bits per heavy atom. The van der Waals surface area contributed by atoms with Crippen LogP contribution in [0.1, 0.15) is 49.4 Å². The molecule has 0 saturated carbocycles. The Morgan fingerprint density at radius 3 is 2.29 bits per heavy atom. The third kappa shape index (κ3) is 7.91. The first-order valence-electron chi connectivity index (χ1n) is 10.2. The SMILES string of the molecule is COCCOc1ccc(C(C)N2CCC(NC(C)O)CC2)c(C)c1C.CSC. The average molecular weight is 413 g/mol. The summed E-state index contributed by atoms with van der Waals surface area (Å²) in [6.45, 7) is 11.7. The lowest BCUT2D eigenvalue weighted by molar-refractivity contribution is 0.0995. The highest BCUT2D eigenvalue weighted by Crippen LogP contribution is 2.32. The van der Waals surface area contributed by atoms with E-state index in [9.17, 15) is 5.11 Å². The van der Waals surface area contributed by atoms with Gasteiger partial charge in [0, 0.05) is 32.3 Å². The molecule has 2 N–H and O–H groups in total. The molecule has 162 valence electrons. The molecule has 1 aliphatic heterocycles. The Kier molecular flexibility index (Phi) is 12.1. The molecule has 0 bridgehead atoms. The molecule has 1 saturated heterocycles. The quantitative estimate of drug-likeness (QED) is 0.501. The molecule has 6 heteroatoms. The zero-order valence-corrected chi connectivity index (χ0v) is 19.6. The Labute approximate surface area is 176 Å². The van der Waals surface area contributed by atoms with Gasteiger partial charge in [-0.15, -0.1) is 0 Å². The molecule has 0 spiro atoms. The van der Waals surface area contributed by atoms with Crippen LogP contribution in [0.15, 0.2) is 12.1 Å². The van der Waals surface area contributed by atoms with Crippen molar-refractivity contribution in [2.45, 2.75) is 58.8 Å². The molecule has 0 amide bonds. The number of ether oxygens (including phenoxy) is 2. The van der Waals surface area contributed by atoms with Crippen molar-refractivity contribution in [2.75, 3.05) is 45.9 Å². The lowest BCUT2D eigenvalue weighted by Gasteiger charge is -2.37. The predicted molar refractivity (Wildman–Crippen MR) is 121 cm³/mol. The first-order chi connectivity index (χ1) is 13.3. The molecule has 1 aliphatic rings. The number of nitrogens with zero attached hydrogens (tertiary/aromatic N) is 1. The van der Waals surface area contributed by atoms with E-state index in [1.807, 2.05) is 12.5 Å². The molecule has 5 nitrogen and oxygen atoms in total. The van der Waals surface area contributed by atoms with Crippen molar-refractivity contribution in [1.29, 1.82) is 0 Å². The second-order valence-electron chi connectivity index (χ2n) is 7.48. The molecule has 1 aromatic rings. The normalized spacial score (nSPS) is 17.6. The minimum atomic E-state index is -0.426. The summed E-state index contributed by atoms with van der Waals surface area (Å²) in [6.07, 6.45) is 5.81. The van der Waals surface area contributed by atoms with Crippen molar-refractivity contribution >= 4 is 11.8 Å². The molecule has 1 aromatic carbocycles. The molecule has 0 aliphatic carbocycles. The maximum absolute atomic E-state index is 9.48. The molecule has 2 atom stereocenters. The number of aliphatic hydroxyl groups is 1. The van der Waals surface area contributed by atoms with Gasteiger partial charge in [-0.2, -0.15) is 11.8 Å². The minimum absolute atomic E-state index is 0.388. The van der Waals surface area contributed by atoms with Gasteiger partial charge in [0.1, 0.15) is 18.6 Å². The molecule has 0 aromatic heterocycles. The van der Waals surface area contributed by atoms with Gasteiger partial charge >= 0.3 is 0 Å². The van der Waals surface area contributed by atoms with Gasteiger partial charge in [0.2, 0.25) is 0 Å². The van der Waals surface area contributed by atoms with Crippen LogP contribution in [0.3, 0.4) is 0 Å². The predicted octanol–water partition coefficient (Wildman–Crippen LogP) is 3.76. The zero-order chi connectivity index (χ0) is 21.1. The van der Waals surface area contributed by atoms with E-state index < -0.39 is 6.23 Å². The highest BCUT2D eigenvalue weighted by Gasteiger charge is 2.25. The summed E-state index contributed by atoms with van der Waals surface area (Å²) >= 11 is 1.75. The van der Waals surface area contributed by atoms with Crippen LogP contribution >= 0.6 is 11.8 Å². The van der Waals surface area contributed by atoms with Gasteiger partial charge in [-0.3, -0.25) is 10.2 Å². The fourth-order valence-electron chi connectivity index (χ4n) is 3.65. The standard InChI is InChI=1S/C20H34N2O3.C2H6S/c1-14-15(2)20(25-13-12-24-5)7-6-19(14)16(3)22-10-8-18(9-11-22)21-17(4)23;1-3-2/h6-7,16-18,21,23H,8-13H2,1-5H3;1-2H3. The van der Waals surface area contributed by atoms with E-state index in [4.69, 9.17) is 9.47 Å². The van der Waals surface area contributed by atoms with Crippen LogP contribution in [0.4, 0.5) is 0 Å². The summed E-state index contributed by atoms with van der Waals surface area (Å²) in [6, 6.07) is 5.10. The van der Waals surface area contributed by atoms with Crippen molar-refractivity contribution in [1.82, 2.24) is 10.2 Å². The topological polar surface area (TPSA) is 54.0 Å². The van der Waals surface area contributed by atoms with Gasteiger partial charge in [0.05, 0.1) is 6.61 Å². The summed E-state index contributed by atoms with van der Waals surface area (Å²) < 4.78 is 10.9. The van der Waals surface area contributed by atoms with Crippen molar-refractivity contribution < 1.29 is 14.6 Å². The van der Waals surface area contributed by atoms with Crippen LogP contribution < -0.4 is 10.1 Å². The third-order valence-corrected chi connectivity index (χ3v) is 5.33. The van der Waals surface area contributed by atoms with E-state index in [0.29, 0.717) is 25.3 Å². The van der Waals surface area contributed by atoms with E-state index in [1.165, 1.54) is 16.7 Å². The number of aliphatic hydroxyl groups excluding tert-OH is 1. The molecule has 0 radical (unpaired) electrons. The number of methoxy groups -OCH3 is 1. The van der Waals surface area contributed by atoms with E-state index in [0.717, 1.165) is 31.7 Å². The van der Waals surface area contributed by atoms with E-state index in [2.05, 4.69) is 43.1 Å². The summed E-state index contributed by atoms with van der Waals surface area (Å²) in [5.74, 6) is 0.949. The monoisotopic (exact) mass is 412 g/mol. The number of benzene rings is 1. The number of rotatable bonds is 8. The van der Waals surface area contributed by atoms with Crippen LogP contribution in [-0.4, -0.2) is 68.2 Å². The number of thioether (sulfide) groups is 1. The molecule has 1 heterocycles. The Hall–Kier alpha value is -0.790. The zero-order valence-electron chi connectivity index (χ0n) is 18.7. The fraction of sp³-hybridized carbons (Fsp3) is 0.727. The first kappa shape index (κ1) is 25.2. The number of hydrogen-bond acceptors (Lipinski definition) is 6. The number of likely N-dealkylation sites (tertiary alicyclic amines) is 1. The van der Waals surface area contributed by atoms with Crippen molar-refractivity contribution in [3.63, 3.8) is 0 Å². The van der Waals surface area contributed by atoms with Crippen LogP contribution in [0.25, 0.3) is 0 Å².